The minimum absolute atomic E-state index is 0. The van der Waals surface area contributed by atoms with Crippen LogP contribution in [0.15, 0.2) is 30.3 Å². The van der Waals surface area contributed by atoms with E-state index in [-0.39, 0.29) is 30.0 Å². The molecule has 19 heavy (non-hydrogen) atoms. The SMILES string of the molecule is Cl.N[C@H]1CN(C(=O)OCc2ccccc2)CC12CC2. The van der Waals surface area contributed by atoms with Crippen LogP contribution in [0.3, 0.4) is 0 Å². The number of hydrogen-bond acceptors (Lipinski definition) is 3. The lowest BCUT2D eigenvalue weighted by Gasteiger charge is -2.15. The normalized spacial score (nSPS) is 23.0. The largest absolute Gasteiger partial charge is 0.445 e. The molecular formula is C14H19ClN2O2. The van der Waals surface area contributed by atoms with Crippen LogP contribution in [-0.2, 0) is 11.3 Å². The maximum absolute atomic E-state index is 11.9. The molecule has 5 heteroatoms. The van der Waals surface area contributed by atoms with Crippen LogP contribution in [0.5, 0.6) is 0 Å². The first-order chi connectivity index (χ1) is 8.70. The average molecular weight is 283 g/mol. The van der Waals surface area contributed by atoms with Gasteiger partial charge in [0, 0.05) is 24.5 Å². The average Bonchev–Trinajstić information content (AvgIpc) is 3.09. The second-order valence-corrected chi connectivity index (χ2v) is 5.39. The van der Waals surface area contributed by atoms with Crippen LogP contribution in [0.2, 0.25) is 0 Å². The van der Waals surface area contributed by atoms with Crippen LogP contribution in [0.25, 0.3) is 0 Å². The fourth-order valence-electron chi connectivity index (χ4n) is 2.63. The molecule has 2 fully saturated rings. The number of likely N-dealkylation sites (tertiary alicyclic amines) is 1. The van der Waals surface area contributed by atoms with Gasteiger partial charge in [-0.1, -0.05) is 30.3 Å². The van der Waals surface area contributed by atoms with Crippen molar-refractivity contribution < 1.29 is 9.53 Å². The maximum atomic E-state index is 11.9. The van der Waals surface area contributed by atoms with Crippen molar-refractivity contribution in [2.75, 3.05) is 13.1 Å². The van der Waals surface area contributed by atoms with Gasteiger partial charge in [-0.3, -0.25) is 0 Å². The van der Waals surface area contributed by atoms with Crippen molar-refractivity contribution in [1.29, 1.82) is 0 Å². The molecule has 0 aromatic heterocycles. The monoisotopic (exact) mass is 282 g/mol. The highest BCUT2D eigenvalue weighted by molar-refractivity contribution is 5.85. The molecule has 1 saturated heterocycles. The zero-order valence-corrected chi connectivity index (χ0v) is 11.6. The minimum Gasteiger partial charge on any atom is -0.445 e. The molecule has 1 amide bonds. The molecule has 2 aliphatic rings. The Morgan fingerprint density at radius 1 is 1.37 bits per heavy atom. The van der Waals surface area contributed by atoms with E-state index in [1.54, 1.807) is 4.90 Å². The Morgan fingerprint density at radius 2 is 2.05 bits per heavy atom. The number of rotatable bonds is 2. The van der Waals surface area contributed by atoms with Gasteiger partial charge in [0.05, 0.1) is 0 Å². The summed E-state index contributed by atoms with van der Waals surface area (Å²) in [7, 11) is 0. The Hall–Kier alpha value is -1.26. The van der Waals surface area contributed by atoms with Gasteiger partial charge >= 0.3 is 6.09 Å². The molecule has 1 aliphatic heterocycles. The number of halogens is 1. The summed E-state index contributed by atoms with van der Waals surface area (Å²) in [6.07, 6.45) is 2.06. The molecule has 1 heterocycles. The molecule has 3 rings (SSSR count). The Kier molecular flexibility index (Phi) is 4.02. The molecule has 0 unspecified atom stereocenters. The number of nitrogens with two attached hydrogens (primary N) is 1. The van der Waals surface area contributed by atoms with Crippen molar-refractivity contribution in [2.45, 2.75) is 25.5 Å². The van der Waals surface area contributed by atoms with Crippen molar-refractivity contribution in [1.82, 2.24) is 4.90 Å². The molecule has 4 nitrogen and oxygen atoms in total. The van der Waals surface area contributed by atoms with Gasteiger partial charge < -0.3 is 15.4 Å². The second-order valence-electron chi connectivity index (χ2n) is 5.39. The minimum atomic E-state index is -0.238. The van der Waals surface area contributed by atoms with Gasteiger partial charge in [0.15, 0.2) is 0 Å². The fraction of sp³-hybridized carbons (Fsp3) is 0.500. The third-order valence-electron chi connectivity index (χ3n) is 4.06. The molecule has 1 aliphatic carbocycles. The predicted octanol–water partition coefficient (Wildman–Crippen LogP) is 2.17. The molecule has 1 spiro atoms. The van der Waals surface area contributed by atoms with Crippen LogP contribution in [0.1, 0.15) is 18.4 Å². The van der Waals surface area contributed by atoms with E-state index in [9.17, 15) is 4.79 Å². The summed E-state index contributed by atoms with van der Waals surface area (Å²) in [5.41, 5.74) is 7.28. The highest BCUT2D eigenvalue weighted by atomic mass is 35.5. The van der Waals surface area contributed by atoms with Crippen LogP contribution < -0.4 is 5.73 Å². The number of amides is 1. The molecule has 0 radical (unpaired) electrons. The highest BCUT2D eigenvalue weighted by Crippen LogP contribution is 2.52. The quantitative estimate of drug-likeness (QED) is 0.904. The number of hydrogen-bond donors (Lipinski definition) is 1. The number of nitrogens with zero attached hydrogens (tertiary/aromatic N) is 1. The van der Waals surface area contributed by atoms with E-state index in [2.05, 4.69) is 0 Å². The van der Waals surface area contributed by atoms with Gasteiger partial charge in [-0.15, -0.1) is 12.4 Å². The van der Waals surface area contributed by atoms with Crippen molar-refractivity contribution in [3.05, 3.63) is 35.9 Å². The molecule has 1 aromatic rings. The molecular weight excluding hydrogens is 264 g/mol. The number of carbonyl (C=O) groups excluding carboxylic acids is 1. The summed E-state index contributed by atoms with van der Waals surface area (Å²) in [5, 5.41) is 0. The highest BCUT2D eigenvalue weighted by Gasteiger charge is 2.54. The predicted molar refractivity (Wildman–Crippen MR) is 75.1 cm³/mol. The standard InChI is InChI=1S/C14H18N2O2.ClH/c15-12-8-16(10-14(12)6-7-14)13(17)18-9-11-4-2-1-3-5-11;/h1-5,12H,6-10,15H2;1H/t12-;/m0./s1. The lowest BCUT2D eigenvalue weighted by atomic mass is 10.0. The van der Waals surface area contributed by atoms with Crippen LogP contribution in [0, 0.1) is 5.41 Å². The fourth-order valence-corrected chi connectivity index (χ4v) is 2.63. The third-order valence-corrected chi connectivity index (χ3v) is 4.06. The first-order valence-electron chi connectivity index (χ1n) is 6.41. The van der Waals surface area contributed by atoms with E-state index in [0.29, 0.717) is 13.2 Å². The van der Waals surface area contributed by atoms with Crippen molar-refractivity contribution >= 4 is 18.5 Å². The molecule has 1 saturated carbocycles. The van der Waals surface area contributed by atoms with Gasteiger partial charge in [0.2, 0.25) is 0 Å². The molecule has 1 atom stereocenters. The Morgan fingerprint density at radius 3 is 2.63 bits per heavy atom. The first kappa shape index (κ1) is 14.2. The lowest BCUT2D eigenvalue weighted by molar-refractivity contribution is 0.102. The van der Waals surface area contributed by atoms with E-state index in [0.717, 1.165) is 24.9 Å². The summed E-state index contributed by atoms with van der Waals surface area (Å²) in [5.74, 6) is 0. The number of ether oxygens (including phenoxy) is 1. The van der Waals surface area contributed by atoms with Gasteiger partial charge in [-0.2, -0.15) is 0 Å². The molecule has 0 bridgehead atoms. The van der Waals surface area contributed by atoms with Gasteiger partial charge in [-0.25, -0.2) is 4.79 Å². The molecule has 2 N–H and O–H groups in total. The summed E-state index contributed by atoms with van der Waals surface area (Å²) >= 11 is 0. The topological polar surface area (TPSA) is 55.6 Å². The third kappa shape index (κ3) is 2.85. The van der Waals surface area contributed by atoms with Crippen molar-refractivity contribution in [3.8, 4) is 0 Å². The summed E-state index contributed by atoms with van der Waals surface area (Å²) in [6.45, 7) is 1.73. The Labute approximate surface area is 119 Å². The van der Waals surface area contributed by atoms with Gasteiger partial charge in [0.1, 0.15) is 6.61 Å². The second kappa shape index (κ2) is 5.39. The first-order valence-corrected chi connectivity index (χ1v) is 6.41. The van der Waals surface area contributed by atoms with Gasteiger partial charge in [-0.05, 0) is 18.4 Å². The van der Waals surface area contributed by atoms with E-state index >= 15 is 0 Å². The molecule has 104 valence electrons. The smallest absolute Gasteiger partial charge is 0.410 e. The van der Waals surface area contributed by atoms with Crippen molar-refractivity contribution in [3.63, 3.8) is 0 Å². The van der Waals surface area contributed by atoms with Crippen LogP contribution in [-0.4, -0.2) is 30.1 Å². The Balaban J connectivity index is 0.00000133. The van der Waals surface area contributed by atoms with E-state index in [1.807, 2.05) is 30.3 Å². The molecule has 1 aromatic carbocycles. The summed E-state index contributed by atoms with van der Waals surface area (Å²) in [4.78, 5) is 13.7. The lowest BCUT2D eigenvalue weighted by Crippen LogP contribution is -2.32. The van der Waals surface area contributed by atoms with E-state index in [4.69, 9.17) is 10.5 Å². The summed E-state index contributed by atoms with van der Waals surface area (Å²) < 4.78 is 5.31. The Bertz CT molecular complexity index is 448. The number of benzene rings is 1. The summed E-state index contributed by atoms with van der Waals surface area (Å²) in [6, 6.07) is 9.85. The van der Waals surface area contributed by atoms with Crippen LogP contribution >= 0.6 is 12.4 Å². The maximum Gasteiger partial charge on any atom is 0.410 e. The van der Waals surface area contributed by atoms with Crippen molar-refractivity contribution in [2.24, 2.45) is 11.1 Å². The zero-order chi connectivity index (χ0) is 12.6. The number of carbonyl (C=O) groups is 1. The van der Waals surface area contributed by atoms with E-state index < -0.39 is 0 Å². The van der Waals surface area contributed by atoms with E-state index in [1.165, 1.54) is 0 Å². The van der Waals surface area contributed by atoms with Gasteiger partial charge in [0.25, 0.3) is 0 Å². The zero-order valence-electron chi connectivity index (χ0n) is 10.7. The van der Waals surface area contributed by atoms with Crippen LogP contribution in [0.4, 0.5) is 4.79 Å².